The molecule has 1 unspecified atom stereocenters. The van der Waals surface area contributed by atoms with E-state index in [1.54, 1.807) is 26.2 Å². The first-order chi connectivity index (χ1) is 32.4. The van der Waals surface area contributed by atoms with Gasteiger partial charge in [0.15, 0.2) is 5.96 Å². The largest absolute Gasteiger partial charge is 0.449 e. The number of hydrogen-bond acceptors (Lipinski definition) is 9. The lowest BCUT2D eigenvalue weighted by Gasteiger charge is -2.40. The summed E-state index contributed by atoms with van der Waals surface area (Å²) in [5.74, 6) is 6.79. The summed E-state index contributed by atoms with van der Waals surface area (Å²) in [7, 11) is 12.6. The second-order valence-electron chi connectivity index (χ2n) is 20.1. The van der Waals surface area contributed by atoms with Gasteiger partial charge in [0.1, 0.15) is 11.8 Å². The number of likely N-dealkylation sites (N-methyl/N-ethyl adjacent to an activating group) is 1. The summed E-state index contributed by atoms with van der Waals surface area (Å²) >= 11 is 0. The van der Waals surface area contributed by atoms with Crippen LogP contribution in [0.15, 0.2) is 35.3 Å². The van der Waals surface area contributed by atoms with E-state index >= 15 is 0 Å². The number of carbonyl (C=O) groups excluding carboxylic acids is 5. The van der Waals surface area contributed by atoms with E-state index in [1.807, 2.05) is 94.0 Å². The third-order valence-corrected chi connectivity index (χ3v) is 14.6. The van der Waals surface area contributed by atoms with Gasteiger partial charge in [0.25, 0.3) is 0 Å². The lowest BCUT2D eigenvalue weighted by molar-refractivity contribution is -0.146. The molecule has 2 fully saturated rings. The summed E-state index contributed by atoms with van der Waals surface area (Å²) in [5.41, 5.74) is 0.942. The molecule has 68 heavy (non-hydrogen) atoms. The second-order valence-corrected chi connectivity index (χ2v) is 20.1. The van der Waals surface area contributed by atoms with Crippen LogP contribution >= 0.6 is 0 Å². The van der Waals surface area contributed by atoms with Crippen LogP contribution < -0.4 is 10.6 Å². The van der Waals surface area contributed by atoms with E-state index < -0.39 is 42.2 Å². The Hall–Kier alpha value is -4.68. The van der Waals surface area contributed by atoms with Crippen molar-refractivity contribution in [3.63, 3.8) is 0 Å². The number of nitrogens with one attached hydrogen (secondary N) is 2. The number of alkyl carbamates (subject to hydrolysis) is 1. The van der Waals surface area contributed by atoms with E-state index in [9.17, 15) is 24.0 Å². The Bertz CT molecular complexity index is 1850. The van der Waals surface area contributed by atoms with Crippen molar-refractivity contribution in [1.29, 1.82) is 0 Å². The average Bonchev–Trinajstić information content (AvgIpc) is 3.68. The Kier molecular flexibility index (Phi) is 22.6. The highest BCUT2D eigenvalue weighted by molar-refractivity contribution is 5.89. The summed E-state index contributed by atoms with van der Waals surface area (Å²) in [6, 6.07) is 8.24. The van der Waals surface area contributed by atoms with E-state index in [1.165, 1.54) is 0 Å². The standard InChI is InChI=1S/C53H85N7O8/c1-13-36(4)48(59(10)51(64)47(35(2)3)56-52(57(6)7)58(8)9)45(66-11)33-46(62)60-30-21-27-43(60)49(67-12)37(5)44(61)32-39(31-38-23-17-16-18-24-38)50(63)54-28-22-29-55-53(65)68-34-42-40-25-19-14-15-20-26-41(40)42/h16-18,23-24,35-37,39-43,45,47-49H,13,19-22,25-34H2,1-12H3,(H,54,63)(H,55,65)/t36-,37-,39+,40-,41+,42?,43-,45+,47-,48-,49+/m0/s1. The SMILES string of the molecule is CC[C@H](C)[C@@H]([C@@H](CC(=O)N1CCC[C@H]1[C@H](OC)[C@@H](C)C(=O)C[C@@H](Cc1ccccc1)C(=O)NCCCNC(=O)OCC1[C@H]2CCC#CCC[C@@H]12)OC)N(C)C(=O)[C@@H](N=C(N(C)C)N(C)C)C(C)C. The van der Waals surface area contributed by atoms with Crippen molar-refractivity contribution in [3.05, 3.63) is 35.9 Å². The predicted molar refractivity (Wildman–Crippen MR) is 267 cm³/mol. The van der Waals surface area contributed by atoms with Gasteiger partial charge in [-0.25, -0.2) is 9.79 Å². The zero-order valence-corrected chi connectivity index (χ0v) is 43.4. The van der Waals surface area contributed by atoms with E-state index in [-0.39, 0.29) is 54.2 Å². The van der Waals surface area contributed by atoms with Crippen LogP contribution in [0.4, 0.5) is 4.79 Å². The average molecular weight is 948 g/mol. The summed E-state index contributed by atoms with van der Waals surface area (Å²) in [5, 5.41) is 5.82. The molecule has 1 heterocycles. The molecule has 1 saturated carbocycles. The number of rotatable bonds is 25. The first-order valence-electron chi connectivity index (χ1n) is 25.2. The first-order valence-corrected chi connectivity index (χ1v) is 25.2. The molecule has 0 bridgehead atoms. The quantitative estimate of drug-likeness (QED) is 0.0523. The molecule has 11 atom stereocenters. The van der Waals surface area contributed by atoms with Gasteiger partial charge in [0, 0.05) is 100 Å². The van der Waals surface area contributed by atoms with Crippen molar-refractivity contribution < 1.29 is 38.2 Å². The fourth-order valence-corrected chi connectivity index (χ4v) is 10.5. The molecule has 1 saturated heterocycles. The van der Waals surface area contributed by atoms with Gasteiger partial charge in [0.05, 0.1) is 37.3 Å². The first kappa shape index (κ1) is 55.9. The highest BCUT2D eigenvalue weighted by atomic mass is 16.5. The molecule has 3 aliphatic rings. The Labute approximate surface area is 408 Å². The van der Waals surface area contributed by atoms with Crippen molar-refractivity contribution in [1.82, 2.24) is 30.2 Å². The smallest absolute Gasteiger partial charge is 0.407 e. The number of carbonyl (C=O) groups is 5. The van der Waals surface area contributed by atoms with E-state index in [0.717, 1.165) is 44.1 Å². The highest BCUT2D eigenvalue weighted by Gasteiger charge is 2.49. The topological polar surface area (TPSA) is 162 Å². The van der Waals surface area contributed by atoms with Crippen molar-refractivity contribution in [2.24, 2.45) is 46.4 Å². The van der Waals surface area contributed by atoms with Gasteiger partial charge in [-0.15, -0.1) is 11.8 Å². The van der Waals surface area contributed by atoms with Gasteiger partial charge < -0.3 is 44.4 Å². The number of Topliss-reactive ketones (excluding diaryl/α,β-unsaturated/α-hetero) is 1. The molecular weight excluding hydrogens is 863 g/mol. The van der Waals surface area contributed by atoms with Crippen LogP contribution in [0.25, 0.3) is 0 Å². The van der Waals surface area contributed by atoms with E-state index in [4.69, 9.17) is 19.2 Å². The molecule has 15 heteroatoms. The van der Waals surface area contributed by atoms with Gasteiger partial charge in [0.2, 0.25) is 17.7 Å². The van der Waals surface area contributed by atoms with Gasteiger partial charge in [-0.1, -0.05) is 71.4 Å². The van der Waals surface area contributed by atoms with Gasteiger partial charge >= 0.3 is 6.09 Å². The Morgan fingerprint density at radius 1 is 0.853 bits per heavy atom. The molecule has 2 N–H and O–H groups in total. The number of hydrogen-bond donors (Lipinski definition) is 2. The number of amides is 4. The lowest BCUT2D eigenvalue weighted by atomic mass is 9.85. The molecule has 380 valence electrons. The lowest BCUT2D eigenvalue weighted by Crippen LogP contribution is -2.55. The van der Waals surface area contributed by atoms with Crippen LogP contribution in [-0.4, -0.2) is 161 Å². The third kappa shape index (κ3) is 15.7. The maximum Gasteiger partial charge on any atom is 0.407 e. The normalized spacial score (nSPS) is 21.7. The van der Waals surface area contributed by atoms with Gasteiger partial charge in [-0.2, -0.15) is 0 Å². The van der Waals surface area contributed by atoms with Crippen molar-refractivity contribution in [2.75, 3.05) is 75.7 Å². The molecule has 15 nitrogen and oxygen atoms in total. The predicted octanol–water partition coefficient (Wildman–Crippen LogP) is 5.90. The van der Waals surface area contributed by atoms with Crippen LogP contribution in [-0.2, 0) is 39.8 Å². The number of nitrogens with zero attached hydrogens (tertiary/aromatic N) is 5. The number of benzene rings is 1. The number of guanidine groups is 1. The van der Waals surface area contributed by atoms with Crippen molar-refractivity contribution in [2.45, 2.75) is 136 Å². The molecule has 0 aromatic heterocycles. The minimum absolute atomic E-state index is 0.00300. The van der Waals surface area contributed by atoms with Crippen LogP contribution in [0.1, 0.15) is 104 Å². The third-order valence-electron chi connectivity index (χ3n) is 14.6. The number of ketones is 1. The van der Waals surface area contributed by atoms with E-state index in [0.29, 0.717) is 69.2 Å². The Morgan fingerprint density at radius 2 is 1.49 bits per heavy atom. The second kappa shape index (κ2) is 27.5. The zero-order chi connectivity index (χ0) is 50.1. The fourth-order valence-electron chi connectivity index (χ4n) is 10.5. The van der Waals surface area contributed by atoms with Crippen molar-refractivity contribution >= 4 is 35.6 Å². The number of ether oxygens (including phenoxy) is 3. The maximum atomic E-state index is 14.5. The molecule has 4 rings (SSSR count). The van der Waals surface area contributed by atoms with Gasteiger partial charge in [-0.05, 0) is 73.7 Å². The van der Waals surface area contributed by atoms with Crippen LogP contribution in [0.5, 0.6) is 0 Å². The highest BCUT2D eigenvalue weighted by Crippen LogP contribution is 2.52. The minimum atomic E-state index is -0.644. The summed E-state index contributed by atoms with van der Waals surface area (Å²) < 4.78 is 17.7. The molecule has 2 aliphatic carbocycles. The van der Waals surface area contributed by atoms with Crippen molar-refractivity contribution in [3.8, 4) is 11.8 Å². The zero-order valence-electron chi connectivity index (χ0n) is 43.4. The van der Waals surface area contributed by atoms with Crippen LogP contribution in [0.3, 0.4) is 0 Å². The molecule has 0 spiro atoms. The molecule has 1 aromatic carbocycles. The number of methoxy groups -OCH3 is 2. The van der Waals surface area contributed by atoms with E-state index in [2.05, 4.69) is 36.3 Å². The Morgan fingerprint density at radius 3 is 2.06 bits per heavy atom. The molecule has 1 aliphatic heterocycles. The number of aliphatic imine (C=N–C) groups is 1. The number of fused-ring (bicyclic) bond motifs is 1. The summed E-state index contributed by atoms with van der Waals surface area (Å²) in [4.78, 5) is 81.6. The van der Waals surface area contributed by atoms with Crippen LogP contribution in [0.2, 0.25) is 0 Å². The van der Waals surface area contributed by atoms with Gasteiger partial charge in [-0.3, -0.25) is 19.2 Å². The summed E-state index contributed by atoms with van der Waals surface area (Å²) in [6.07, 6.45) is 5.41. The van der Waals surface area contributed by atoms with Crippen LogP contribution in [0, 0.1) is 53.3 Å². The molecular formula is C53H85N7O8. The molecule has 1 aromatic rings. The number of likely N-dealkylation sites (tertiary alicyclic amines) is 1. The fraction of sp³-hybridized carbons (Fsp3) is 0.736. The summed E-state index contributed by atoms with van der Waals surface area (Å²) in [6.45, 7) is 11.6. The molecule has 4 amide bonds. The molecule has 0 radical (unpaired) electrons. The minimum Gasteiger partial charge on any atom is -0.449 e. The monoisotopic (exact) mass is 948 g/mol. The maximum absolute atomic E-state index is 14.5. The Balaban J connectivity index is 1.38.